The second kappa shape index (κ2) is 5.64. The molecular formula is C17H28N2. The summed E-state index contributed by atoms with van der Waals surface area (Å²) < 4.78 is 0. The first kappa shape index (κ1) is 14.5. The molecule has 0 radical (unpaired) electrons. The fraction of sp³-hybridized carbons (Fsp3) is 0.647. The van der Waals surface area contributed by atoms with Gasteiger partial charge in [0.15, 0.2) is 0 Å². The summed E-state index contributed by atoms with van der Waals surface area (Å²) in [4.78, 5) is 2.64. The molecule has 0 spiro atoms. The molecule has 0 unspecified atom stereocenters. The normalized spacial score (nSPS) is 19.4. The van der Waals surface area contributed by atoms with Gasteiger partial charge < -0.3 is 5.32 Å². The molecule has 2 nitrogen and oxygen atoms in total. The Labute approximate surface area is 118 Å². The van der Waals surface area contributed by atoms with Crippen LogP contribution in [0.25, 0.3) is 0 Å². The molecule has 1 aromatic carbocycles. The quantitative estimate of drug-likeness (QED) is 0.878. The van der Waals surface area contributed by atoms with Crippen molar-refractivity contribution in [1.29, 1.82) is 0 Å². The average Bonchev–Trinajstić information content (AvgIpc) is 2.27. The minimum Gasteiger partial charge on any atom is -0.314 e. The molecule has 2 rings (SSSR count). The maximum absolute atomic E-state index is 3.45. The van der Waals surface area contributed by atoms with Crippen LogP contribution in [0.2, 0.25) is 0 Å². The zero-order valence-electron chi connectivity index (χ0n) is 13.1. The first-order chi connectivity index (χ1) is 8.88. The molecule has 1 aliphatic rings. The lowest BCUT2D eigenvalue weighted by atomic mass is 9.80. The number of hydrogen-bond donors (Lipinski definition) is 1. The van der Waals surface area contributed by atoms with E-state index in [9.17, 15) is 0 Å². The molecule has 1 saturated heterocycles. The number of piperazine rings is 1. The van der Waals surface area contributed by atoms with Gasteiger partial charge in [-0.2, -0.15) is 0 Å². The molecule has 1 atom stereocenters. The highest BCUT2D eigenvalue weighted by Crippen LogP contribution is 2.38. The highest BCUT2D eigenvalue weighted by atomic mass is 15.2. The van der Waals surface area contributed by atoms with Gasteiger partial charge >= 0.3 is 0 Å². The van der Waals surface area contributed by atoms with E-state index in [4.69, 9.17) is 0 Å². The fourth-order valence-corrected chi connectivity index (χ4v) is 3.37. The molecule has 0 amide bonds. The SMILES string of the molecule is Cc1cc(C)cc([C@H](N2CCNCC2)C(C)(C)C)c1. The third-order valence-corrected chi connectivity index (χ3v) is 3.90. The van der Waals surface area contributed by atoms with Gasteiger partial charge in [0.2, 0.25) is 0 Å². The predicted molar refractivity (Wildman–Crippen MR) is 82.6 cm³/mol. The van der Waals surface area contributed by atoms with E-state index in [1.807, 2.05) is 0 Å². The molecule has 0 aromatic heterocycles. The minimum absolute atomic E-state index is 0.261. The minimum atomic E-state index is 0.261. The standard InChI is InChI=1S/C17H28N2/c1-13-10-14(2)12-15(11-13)16(17(3,4)5)19-8-6-18-7-9-19/h10-12,16,18H,6-9H2,1-5H3/t16-/m0/s1. The largest absolute Gasteiger partial charge is 0.314 e. The topological polar surface area (TPSA) is 15.3 Å². The molecule has 0 saturated carbocycles. The molecule has 2 heteroatoms. The zero-order valence-corrected chi connectivity index (χ0v) is 13.1. The smallest absolute Gasteiger partial charge is 0.0397 e. The molecule has 106 valence electrons. The second-order valence-corrected chi connectivity index (χ2v) is 6.98. The summed E-state index contributed by atoms with van der Waals surface area (Å²) in [7, 11) is 0. The Balaban J connectivity index is 2.36. The molecule has 1 aromatic rings. The predicted octanol–water partition coefficient (Wildman–Crippen LogP) is 3.30. The van der Waals surface area contributed by atoms with Gasteiger partial charge in [-0.1, -0.05) is 50.1 Å². The highest BCUT2D eigenvalue weighted by molar-refractivity contribution is 5.31. The Hall–Kier alpha value is -0.860. The van der Waals surface area contributed by atoms with Crippen molar-refractivity contribution in [3.05, 3.63) is 34.9 Å². The van der Waals surface area contributed by atoms with E-state index in [-0.39, 0.29) is 5.41 Å². The lowest BCUT2D eigenvalue weighted by Gasteiger charge is -2.43. The van der Waals surface area contributed by atoms with Gasteiger partial charge in [-0.3, -0.25) is 4.90 Å². The van der Waals surface area contributed by atoms with Crippen molar-refractivity contribution in [2.45, 2.75) is 40.7 Å². The summed E-state index contributed by atoms with van der Waals surface area (Å²) in [6, 6.07) is 7.50. The van der Waals surface area contributed by atoms with E-state index in [0.717, 1.165) is 26.2 Å². The maximum Gasteiger partial charge on any atom is 0.0397 e. The van der Waals surface area contributed by atoms with Crippen molar-refractivity contribution in [3.8, 4) is 0 Å². The van der Waals surface area contributed by atoms with Crippen LogP contribution < -0.4 is 5.32 Å². The van der Waals surface area contributed by atoms with Crippen LogP contribution in [-0.4, -0.2) is 31.1 Å². The zero-order chi connectivity index (χ0) is 14.0. The number of nitrogens with one attached hydrogen (secondary N) is 1. The molecular weight excluding hydrogens is 232 g/mol. The van der Waals surface area contributed by atoms with Crippen LogP contribution >= 0.6 is 0 Å². The van der Waals surface area contributed by atoms with Crippen molar-refractivity contribution in [1.82, 2.24) is 10.2 Å². The molecule has 1 N–H and O–H groups in total. The summed E-state index contributed by atoms with van der Waals surface area (Å²) in [6.45, 7) is 16.0. The van der Waals surface area contributed by atoms with Crippen molar-refractivity contribution in [3.63, 3.8) is 0 Å². The Morgan fingerprint density at radius 3 is 2.00 bits per heavy atom. The van der Waals surface area contributed by atoms with Crippen LogP contribution in [0, 0.1) is 19.3 Å². The monoisotopic (exact) mass is 260 g/mol. The van der Waals surface area contributed by atoms with Crippen LogP contribution in [0.4, 0.5) is 0 Å². The van der Waals surface area contributed by atoms with Crippen LogP contribution in [-0.2, 0) is 0 Å². The molecule has 1 aliphatic heterocycles. The molecule has 1 heterocycles. The lowest BCUT2D eigenvalue weighted by molar-refractivity contribution is 0.0861. The molecule has 19 heavy (non-hydrogen) atoms. The van der Waals surface area contributed by atoms with Crippen molar-refractivity contribution < 1.29 is 0 Å². The Kier molecular flexibility index (Phi) is 4.32. The highest BCUT2D eigenvalue weighted by Gasteiger charge is 2.32. The van der Waals surface area contributed by atoms with Gasteiger partial charge in [0, 0.05) is 32.2 Å². The van der Waals surface area contributed by atoms with Crippen LogP contribution in [0.1, 0.15) is 43.5 Å². The van der Waals surface area contributed by atoms with E-state index in [1.54, 1.807) is 0 Å². The third kappa shape index (κ3) is 3.58. The first-order valence-corrected chi connectivity index (χ1v) is 7.41. The van der Waals surface area contributed by atoms with E-state index < -0.39 is 0 Å². The number of nitrogens with zero attached hydrogens (tertiary/aromatic N) is 1. The average molecular weight is 260 g/mol. The van der Waals surface area contributed by atoms with E-state index >= 15 is 0 Å². The second-order valence-electron chi connectivity index (χ2n) is 6.98. The fourth-order valence-electron chi connectivity index (χ4n) is 3.37. The maximum atomic E-state index is 3.45. The van der Waals surface area contributed by atoms with Gasteiger partial charge in [-0.05, 0) is 24.8 Å². The van der Waals surface area contributed by atoms with Crippen LogP contribution in [0.3, 0.4) is 0 Å². The number of benzene rings is 1. The van der Waals surface area contributed by atoms with Crippen molar-refractivity contribution in [2.24, 2.45) is 5.41 Å². The summed E-state index contributed by atoms with van der Waals surface area (Å²) >= 11 is 0. The van der Waals surface area contributed by atoms with E-state index in [2.05, 4.69) is 63.0 Å². The first-order valence-electron chi connectivity index (χ1n) is 7.41. The summed E-state index contributed by atoms with van der Waals surface area (Å²) in [5.74, 6) is 0. The summed E-state index contributed by atoms with van der Waals surface area (Å²) in [5, 5.41) is 3.45. The van der Waals surface area contributed by atoms with Gasteiger partial charge in [-0.15, -0.1) is 0 Å². The van der Waals surface area contributed by atoms with Gasteiger partial charge in [-0.25, -0.2) is 0 Å². The lowest BCUT2D eigenvalue weighted by Crippen LogP contribution is -2.48. The van der Waals surface area contributed by atoms with Gasteiger partial charge in [0.1, 0.15) is 0 Å². The Bertz CT molecular complexity index is 405. The Morgan fingerprint density at radius 1 is 1.00 bits per heavy atom. The van der Waals surface area contributed by atoms with Gasteiger partial charge in [0.05, 0.1) is 0 Å². The summed E-state index contributed by atoms with van der Waals surface area (Å²) in [5.41, 5.74) is 4.49. The van der Waals surface area contributed by atoms with Gasteiger partial charge in [0.25, 0.3) is 0 Å². The van der Waals surface area contributed by atoms with Crippen molar-refractivity contribution in [2.75, 3.05) is 26.2 Å². The van der Waals surface area contributed by atoms with E-state index in [0.29, 0.717) is 6.04 Å². The van der Waals surface area contributed by atoms with E-state index in [1.165, 1.54) is 16.7 Å². The van der Waals surface area contributed by atoms with Crippen LogP contribution in [0.5, 0.6) is 0 Å². The number of aryl methyl sites for hydroxylation is 2. The number of hydrogen-bond acceptors (Lipinski definition) is 2. The molecule has 1 fully saturated rings. The summed E-state index contributed by atoms with van der Waals surface area (Å²) in [6.07, 6.45) is 0. The Morgan fingerprint density at radius 2 is 1.53 bits per heavy atom. The molecule has 0 bridgehead atoms. The molecule has 0 aliphatic carbocycles. The third-order valence-electron chi connectivity index (χ3n) is 3.90. The number of rotatable bonds is 2. The van der Waals surface area contributed by atoms with Crippen molar-refractivity contribution >= 4 is 0 Å². The van der Waals surface area contributed by atoms with Crippen LogP contribution in [0.15, 0.2) is 18.2 Å².